The molecule has 7 heteroatoms. The van der Waals surface area contributed by atoms with Gasteiger partial charge in [0.15, 0.2) is 0 Å². The minimum Gasteiger partial charge on any atom is -0.377 e. The second-order valence-electron chi connectivity index (χ2n) is 6.46. The van der Waals surface area contributed by atoms with Crippen LogP contribution in [0.1, 0.15) is 49.1 Å². The molecule has 0 bridgehead atoms. The number of amides is 1. The summed E-state index contributed by atoms with van der Waals surface area (Å²) >= 11 is 0. The summed E-state index contributed by atoms with van der Waals surface area (Å²) in [6.07, 6.45) is 3.44. The van der Waals surface area contributed by atoms with Crippen LogP contribution in [-0.4, -0.2) is 34.1 Å². The van der Waals surface area contributed by atoms with E-state index in [0.29, 0.717) is 25.7 Å². The summed E-state index contributed by atoms with van der Waals surface area (Å²) in [7, 11) is 0. The van der Waals surface area contributed by atoms with Crippen molar-refractivity contribution in [2.24, 2.45) is 0 Å². The molecular weight excluding hydrogens is 306 g/mol. The zero-order valence-corrected chi connectivity index (χ0v) is 13.6. The maximum absolute atomic E-state index is 11.4. The van der Waals surface area contributed by atoms with E-state index >= 15 is 0 Å². The predicted molar refractivity (Wildman–Crippen MR) is 88.5 cm³/mol. The van der Waals surface area contributed by atoms with Crippen LogP contribution in [0.3, 0.4) is 0 Å². The zero-order valence-electron chi connectivity index (χ0n) is 13.6. The molecule has 2 N–H and O–H groups in total. The van der Waals surface area contributed by atoms with Crippen molar-refractivity contribution in [2.45, 2.75) is 37.9 Å². The monoisotopic (exact) mass is 327 g/mol. The van der Waals surface area contributed by atoms with Crippen LogP contribution >= 0.6 is 0 Å². The number of rotatable bonds is 5. The number of nitrogens with zero attached hydrogens (tertiary/aromatic N) is 3. The van der Waals surface area contributed by atoms with Crippen molar-refractivity contribution in [1.82, 2.24) is 20.3 Å². The molecule has 2 aliphatic rings. The van der Waals surface area contributed by atoms with E-state index in [1.807, 2.05) is 23.0 Å². The number of hydrogen-bond donors (Lipinski definition) is 2. The molecule has 2 unspecified atom stereocenters. The quantitative estimate of drug-likeness (QED) is 0.877. The van der Waals surface area contributed by atoms with Crippen molar-refractivity contribution in [2.75, 3.05) is 18.5 Å². The van der Waals surface area contributed by atoms with Gasteiger partial charge in [-0.2, -0.15) is 0 Å². The third-order valence-corrected chi connectivity index (χ3v) is 4.63. The molecule has 126 valence electrons. The molecule has 0 aliphatic carbocycles. The molecule has 1 aromatic heterocycles. The van der Waals surface area contributed by atoms with Crippen molar-refractivity contribution >= 4 is 11.6 Å². The van der Waals surface area contributed by atoms with Gasteiger partial charge in [0.05, 0.1) is 31.5 Å². The molecular formula is C17H21N5O2. The van der Waals surface area contributed by atoms with Gasteiger partial charge < -0.3 is 15.4 Å². The van der Waals surface area contributed by atoms with Gasteiger partial charge in [-0.1, -0.05) is 17.3 Å². The number of anilines is 1. The lowest BCUT2D eigenvalue weighted by Crippen LogP contribution is -2.31. The molecule has 4 rings (SSSR count). The van der Waals surface area contributed by atoms with E-state index in [9.17, 15) is 4.79 Å². The van der Waals surface area contributed by atoms with E-state index in [0.717, 1.165) is 23.4 Å². The Balaban J connectivity index is 1.44. The minimum absolute atomic E-state index is 0.0492. The average Bonchev–Trinajstić information content (AvgIpc) is 3.15. The molecule has 0 radical (unpaired) electrons. The number of carbonyl (C=O) groups excluding carboxylic acids is 1. The first-order valence-corrected chi connectivity index (χ1v) is 8.34. The van der Waals surface area contributed by atoms with Crippen LogP contribution < -0.4 is 10.6 Å². The van der Waals surface area contributed by atoms with Gasteiger partial charge in [0.1, 0.15) is 11.7 Å². The smallest absolute Gasteiger partial charge is 0.220 e. The summed E-state index contributed by atoms with van der Waals surface area (Å²) in [5.74, 6) is 0.128. The molecule has 1 aromatic carbocycles. The highest BCUT2D eigenvalue weighted by atomic mass is 16.5. The molecule has 1 amide bonds. The second kappa shape index (κ2) is 6.24. The summed E-state index contributed by atoms with van der Waals surface area (Å²) in [5, 5.41) is 14.9. The summed E-state index contributed by atoms with van der Waals surface area (Å²) in [5.41, 5.74) is 3.05. The maximum atomic E-state index is 11.4. The van der Waals surface area contributed by atoms with Crippen LogP contribution in [0.15, 0.2) is 30.5 Å². The van der Waals surface area contributed by atoms with Crippen molar-refractivity contribution in [3.63, 3.8) is 0 Å². The van der Waals surface area contributed by atoms with Gasteiger partial charge in [-0.05, 0) is 31.0 Å². The van der Waals surface area contributed by atoms with Crippen LogP contribution in [0.2, 0.25) is 0 Å². The molecule has 2 fully saturated rings. The maximum Gasteiger partial charge on any atom is 0.220 e. The highest BCUT2D eigenvalue weighted by Gasteiger charge is 2.24. The minimum atomic E-state index is 0.0492. The molecule has 3 heterocycles. The van der Waals surface area contributed by atoms with Crippen LogP contribution in [-0.2, 0) is 9.53 Å². The van der Waals surface area contributed by atoms with E-state index in [4.69, 9.17) is 4.74 Å². The fraction of sp³-hybridized carbons (Fsp3) is 0.471. The summed E-state index contributed by atoms with van der Waals surface area (Å²) in [4.78, 5) is 11.4. The van der Waals surface area contributed by atoms with Gasteiger partial charge in [-0.25, -0.2) is 4.68 Å². The largest absolute Gasteiger partial charge is 0.377 e. The molecule has 2 saturated heterocycles. The Bertz CT molecular complexity index is 740. The van der Waals surface area contributed by atoms with E-state index < -0.39 is 0 Å². The first-order valence-electron chi connectivity index (χ1n) is 8.34. The van der Waals surface area contributed by atoms with E-state index in [1.165, 1.54) is 0 Å². The molecule has 24 heavy (non-hydrogen) atoms. The average molecular weight is 327 g/mol. The number of benzene rings is 1. The summed E-state index contributed by atoms with van der Waals surface area (Å²) in [6, 6.07) is 8.67. The number of hydrogen-bond acceptors (Lipinski definition) is 5. The van der Waals surface area contributed by atoms with Gasteiger partial charge in [-0.3, -0.25) is 4.79 Å². The molecule has 0 spiro atoms. The third-order valence-electron chi connectivity index (χ3n) is 4.63. The number of nitrogens with one attached hydrogen (secondary N) is 2. The van der Waals surface area contributed by atoms with Gasteiger partial charge in [-0.15, -0.1) is 5.10 Å². The van der Waals surface area contributed by atoms with Crippen LogP contribution in [0, 0.1) is 0 Å². The van der Waals surface area contributed by atoms with Crippen LogP contribution in [0.4, 0.5) is 5.69 Å². The molecule has 2 aliphatic heterocycles. The van der Waals surface area contributed by atoms with Crippen molar-refractivity contribution in [1.29, 1.82) is 0 Å². The Morgan fingerprint density at radius 2 is 2.29 bits per heavy atom. The number of carbonyl (C=O) groups is 1. The normalized spacial score (nSPS) is 22.0. The highest BCUT2D eigenvalue weighted by molar-refractivity contribution is 5.78. The topological polar surface area (TPSA) is 81.1 Å². The second-order valence-corrected chi connectivity index (χ2v) is 6.46. The van der Waals surface area contributed by atoms with E-state index in [-0.39, 0.29) is 18.0 Å². The first-order chi connectivity index (χ1) is 11.7. The molecule has 2 aromatic rings. The SMILES string of the molecule is CC(Nc1cccc(C2CCC(=O)N2)c1)c1cn(C2COC2)nn1. The van der Waals surface area contributed by atoms with Crippen LogP contribution in [0.25, 0.3) is 0 Å². The van der Waals surface area contributed by atoms with Gasteiger partial charge in [0.25, 0.3) is 0 Å². The molecule has 7 nitrogen and oxygen atoms in total. The fourth-order valence-corrected chi connectivity index (χ4v) is 3.08. The number of ether oxygens (including phenoxy) is 1. The Morgan fingerprint density at radius 3 is 3.00 bits per heavy atom. The lowest BCUT2D eigenvalue weighted by atomic mass is 10.0. The zero-order chi connectivity index (χ0) is 16.5. The van der Waals surface area contributed by atoms with Crippen molar-refractivity contribution in [3.05, 3.63) is 41.7 Å². The molecule has 2 atom stereocenters. The highest BCUT2D eigenvalue weighted by Crippen LogP contribution is 2.27. The van der Waals surface area contributed by atoms with Gasteiger partial charge in [0, 0.05) is 12.1 Å². The van der Waals surface area contributed by atoms with Gasteiger partial charge >= 0.3 is 0 Å². The molecule has 0 saturated carbocycles. The predicted octanol–water partition coefficient (Wildman–Crippen LogP) is 1.97. The van der Waals surface area contributed by atoms with Crippen molar-refractivity contribution in [3.8, 4) is 0 Å². The Labute approximate surface area is 140 Å². The fourth-order valence-electron chi connectivity index (χ4n) is 3.08. The van der Waals surface area contributed by atoms with Crippen LogP contribution in [0.5, 0.6) is 0 Å². The Hall–Kier alpha value is -2.41. The van der Waals surface area contributed by atoms with Gasteiger partial charge in [0.2, 0.25) is 5.91 Å². The Morgan fingerprint density at radius 1 is 1.42 bits per heavy atom. The Kier molecular flexibility index (Phi) is 3.93. The van der Waals surface area contributed by atoms with E-state index in [2.05, 4.69) is 40.0 Å². The standard InChI is InChI=1S/C17H21N5O2/c1-11(16-8-22(21-20-16)14-9-24-10-14)18-13-4-2-3-12(7-13)15-5-6-17(23)19-15/h2-4,7-8,11,14-15,18H,5-6,9-10H2,1H3,(H,19,23). The lowest BCUT2D eigenvalue weighted by molar-refractivity contribution is -0.119. The third kappa shape index (κ3) is 2.99. The summed E-state index contributed by atoms with van der Waals surface area (Å²) in [6.45, 7) is 3.48. The van der Waals surface area contributed by atoms with Crippen molar-refractivity contribution < 1.29 is 9.53 Å². The first kappa shape index (κ1) is 15.1. The number of aromatic nitrogens is 3. The summed E-state index contributed by atoms with van der Waals surface area (Å²) < 4.78 is 7.07. The lowest BCUT2D eigenvalue weighted by Gasteiger charge is -2.25. The van der Waals surface area contributed by atoms with E-state index in [1.54, 1.807) is 0 Å².